The van der Waals surface area contributed by atoms with Gasteiger partial charge in [0.15, 0.2) is 9.84 Å². The van der Waals surface area contributed by atoms with Crippen molar-refractivity contribution in [3.05, 3.63) is 53.6 Å². The topological polar surface area (TPSA) is 69.7 Å². The Labute approximate surface area is 164 Å². The molecule has 1 amide bonds. The molecule has 1 heterocycles. The van der Waals surface area contributed by atoms with Crippen LogP contribution in [0.25, 0.3) is 0 Å². The Kier molecular flexibility index (Phi) is 6.04. The third-order valence-electron chi connectivity index (χ3n) is 4.48. The predicted molar refractivity (Wildman–Crippen MR) is 108 cm³/mol. The highest BCUT2D eigenvalue weighted by atomic mass is 35.5. The number of rotatable bonds is 5. The molecule has 0 aromatic heterocycles. The van der Waals surface area contributed by atoms with Crippen LogP contribution in [0.2, 0.25) is 5.02 Å². The van der Waals surface area contributed by atoms with Crippen LogP contribution in [-0.4, -0.2) is 58.2 Å². The number of nitrogens with one attached hydrogen (secondary N) is 1. The molecule has 0 radical (unpaired) electrons. The van der Waals surface area contributed by atoms with Gasteiger partial charge in [-0.25, -0.2) is 8.42 Å². The maximum Gasteiger partial charge on any atom is 0.238 e. The summed E-state index contributed by atoms with van der Waals surface area (Å²) in [5, 5.41) is 3.50. The highest BCUT2D eigenvalue weighted by molar-refractivity contribution is 7.90. The first-order valence-electron chi connectivity index (χ1n) is 8.65. The highest BCUT2D eigenvalue weighted by Gasteiger charge is 2.20. The van der Waals surface area contributed by atoms with Gasteiger partial charge in [-0.3, -0.25) is 9.69 Å². The molecule has 0 spiro atoms. The number of carbonyl (C=O) groups excluding carboxylic acids is 1. The second kappa shape index (κ2) is 8.29. The van der Waals surface area contributed by atoms with Crippen LogP contribution >= 0.6 is 11.6 Å². The van der Waals surface area contributed by atoms with E-state index in [0.717, 1.165) is 43.1 Å². The molecule has 0 saturated carbocycles. The summed E-state index contributed by atoms with van der Waals surface area (Å²) in [6.07, 6.45) is 1.15. The maximum atomic E-state index is 12.3. The summed E-state index contributed by atoms with van der Waals surface area (Å²) < 4.78 is 23.2. The first-order chi connectivity index (χ1) is 12.8. The van der Waals surface area contributed by atoms with E-state index < -0.39 is 9.84 Å². The van der Waals surface area contributed by atoms with E-state index in [9.17, 15) is 13.2 Å². The monoisotopic (exact) mass is 407 g/mol. The van der Waals surface area contributed by atoms with Gasteiger partial charge in [-0.15, -0.1) is 0 Å². The third kappa shape index (κ3) is 5.22. The number of benzene rings is 2. The zero-order valence-corrected chi connectivity index (χ0v) is 16.6. The largest absolute Gasteiger partial charge is 0.368 e. The first-order valence-corrected chi connectivity index (χ1v) is 10.9. The zero-order chi connectivity index (χ0) is 19.4. The Morgan fingerprint density at radius 3 is 2.44 bits per heavy atom. The standard InChI is InChI=1S/C19H22ClN3O3S/c1-27(25,26)16-6-4-5-15(13-16)21-19(24)14-22-9-11-23(12-10-22)18-8-3-2-7-17(18)20/h2-8,13H,9-12,14H2,1H3,(H,21,24). The quantitative estimate of drug-likeness (QED) is 0.824. The van der Waals surface area contributed by atoms with Crippen LogP contribution in [0, 0.1) is 0 Å². The molecule has 144 valence electrons. The Bertz CT molecular complexity index is 925. The van der Waals surface area contributed by atoms with E-state index in [1.54, 1.807) is 12.1 Å². The third-order valence-corrected chi connectivity index (χ3v) is 5.91. The Hall–Kier alpha value is -2.09. The van der Waals surface area contributed by atoms with Crippen molar-refractivity contribution in [1.82, 2.24) is 4.90 Å². The Balaban J connectivity index is 1.54. The second-order valence-electron chi connectivity index (χ2n) is 6.56. The van der Waals surface area contributed by atoms with Gasteiger partial charge in [0.05, 0.1) is 22.2 Å². The summed E-state index contributed by atoms with van der Waals surface area (Å²) in [6, 6.07) is 14.0. The van der Waals surface area contributed by atoms with Gasteiger partial charge in [0.1, 0.15) is 0 Å². The van der Waals surface area contributed by atoms with Crippen LogP contribution in [0.1, 0.15) is 0 Å². The first kappa shape index (κ1) is 19.7. The summed E-state index contributed by atoms with van der Waals surface area (Å²) in [4.78, 5) is 16.8. The fraction of sp³-hybridized carbons (Fsp3) is 0.316. The fourth-order valence-electron chi connectivity index (χ4n) is 3.06. The van der Waals surface area contributed by atoms with Gasteiger partial charge in [0.25, 0.3) is 0 Å². The second-order valence-corrected chi connectivity index (χ2v) is 8.99. The number of piperazine rings is 1. The summed E-state index contributed by atoms with van der Waals surface area (Å²) in [6.45, 7) is 3.35. The number of halogens is 1. The van der Waals surface area contributed by atoms with Crippen LogP contribution in [0.5, 0.6) is 0 Å². The van der Waals surface area contributed by atoms with Crippen LogP contribution in [-0.2, 0) is 14.6 Å². The minimum Gasteiger partial charge on any atom is -0.368 e. The number of anilines is 2. The lowest BCUT2D eigenvalue weighted by molar-refractivity contribution is -0.117. The number of amides is 1. The SMILES string of the molecule is CS(=O)(=O)c1cccc(NC(=O)CN2CCN(c3ccccc3Cl)CC2)c1. The van der Waals surface area contributed by atoms with Gasteiger partial charge in [0.2, 0.25) is 5.91 Å². The van der Waals surface area contributed by atoms with Crippen molar-refractivity contribution in [3.8, 4) is 0 Å². The normalized spacial score (nSPS) is 15.6. The molecule has 0 aliphatic carbocycles. The summed E-state index contributed by atoms with van der Waals surface area (Å²) in [7, 11) is -3.30. The number of para-hydroxylation sites is 1. The van der Waals surface area contributed by atoms with Crippen molar-refractivity contribution in [2.24, 2.45) is 0 Å². The summed E-state index contributed by atoms with van der Waals surface area (Å²) in [5.74, 6) is -0.160. The average molecular weight is 408 g/mol. The van der Waals surface area contributed by atoms with Gasteiger partial charge < -0.3 is 10.2 Å². The molecule has 1 saturated heterocycles. The van der Waals surface area contributed by atoms with Gasteiger partial charge in [0, 0.05) is 38.1 Å². The number of hydrogen-bond donors (Lipinski definition) is 1. The molecule has 2 aromatic carbocycles. The number of nitrogens with zero attached hydrogens (tertiary/aromatic N) is 2. The lowest BCUT2D eigenvalue weighted by Gasteiger charge is -2.36. The molecule has 3 rings (SSSR count). The van der Waals surface area contributed by atoms with Crippen molar-refractivity contribution in [1.29, 1.82) is 0 Å². The van der Waals surface area contributed by atoms with Crippen molar-refractivity contribution < 1.29 is 13.2 Å². The van der Waals surface area contributed by atoms with E-state index in [0.29, 0.717) is 5.69 Å². The van der Waals surface area contributed by atoms with Gasteiger partial charge in [-0.1, -0.05) is 29.8 Å². The Morgan fingerprint density at radius 2 is 1.78 bits per heavy atom. The molecule has 0 unspecified atom stereocenters. The van der Waals surface area contributed by atoms with E-state index >= 15 is 0 Å². The molecular formula is C19H22ClN3O3S. The molecule has 0 bridgehead atoms. The molecule has 2 aromatic rings. The number of hydrogen-bond acceptors (Lipinski definition) is 5. The lowest BCUT2D eigenvalue weighted by atomic mass is 10.2. The molecule has 8 heteroatoms. The summed E-state index contributed by atoms with van der Waals surface area (Å²) >= 11 is 6.25. The van der Waals surface area contributed by atoms with Gasteiger partial charge in [-0.05, 0) is 30.3 Å². The van der Waals surface area contributed by atoms with Crippen LogP contribution in [0.4, 0.5) is 11.4 Å². The fourth-order valence-corrected chi connectivity index (χ4v) is 3.99. The molecule has 1 fully saturated rings. The Morgan fingerprint density at radius 1 is 1.07 bits per heavy atom. The number of sulfone groups is 1. The van der Waals surface area contributed by atoms with Gasteiger partial charge in [-0.2, -0.15) is 0 Å². The van der Waals surface area contributed by atoms with E-state index in [4.69, 9.17) is 11.6 Å². The van der Waals surface area contributed by atoms with Crippen molar-refractivity contribution in [2.45, 2.75) is 4.90 Å². The van der Waals surface area contributed by atoms with Crippen LogP contribution < -0.4 is 10.2 Å². The molecular weight excluding hydrogens is 386 g/mol. The van der Waals surface area contributed by atoms with Gasteiger partial charge >= 0.3 is 0 Å². The predicted octanol–water partition coefficient (Wildman–Crippen LogP) is 2.50. The molecule has 1 aliphatic heterocycles. The van der Waals surface area contributed by atoms with E-state index in [2.05, 4.69) is 15.1 Å². The van der Waals surface area contributed by atoms with E-state index in [1.165, 1.54) is 12.1 Å². The van der Waals surface area contributed by atoms with Crippen LogP contribution in [0.3, 0.4) is 0 Å². The number of carbonyl (C=O) groups is 1. The van der Waals surface area contributed by atoms with E-state index in [-0.39, 0.29) is 17.3 Å². The molecule has 1 N–H and O–H groups in total. The minimum atomic E-state index is -3.30. The maximum absolute atomic E-state index is 12.3. The zero-order valence-electron chi connectivity index (χ0n) is 15.1. The smallest absolute Gasteiger partial charge is 0.238 e. The molecule has 0 atom stereocenters. The van der Waals surface area contributed by atoms with Crippen LogP contribution in [0.15, 0.2) is 53.4 Å². The highest BCUT2D eigenvalue weighted by Crippen LogP contribution is 2.26. The summed E-state index contributed by atoms with van der Waals surface area (Å²) in [5.41, 5.74) is 1.50. The van der Waals surface area contributed by atoms with Crippen molar-refractivity contribution in [2.75, 3.05) is 49.2 Å². The molecule has 27 heavy (non-hydrogen) atoms. The molecule has 1 aliphatic rings. The van der Waals surface area contributed by atoms with Crippen molar-refractivity contribution >= 4 is 38.7 Å². The average Bonchev–Trinajstić information content (AvgIpc) is 2.62. The minimum absolute atomic E-state index is 0.160. The lowest BCUT2D eigenvalue weighted by Crippen LogP contribution is -2.48. The van der Waals surface area contributed by atoms with Crippen molar-refractivity contribution in [3.63, 3.8) is 0 Å². The molecule has 6 nitrogen and oxygen atoms in total. The van der Waals surface area contributed by atoms with E-state index in [1.807, 2.05) is 24.3 Å².